The first kappa shape index (κ1) is 39.5. The van der Waals surface area contributed by atoms with E-state index in [4.69, 9.17) is 8.83 Å². The maximum absolute atomic E-state index is 7.08. The molecule has 0 N–H and O–H groups in total. The van der Waals surface area contributed by atoms with Crippen molar-refractivity contribution in [1.29, 1.82) is 0 Å². The molecule has 11 rings (SSSR count). The lowest BCUT2D eigenvalue weighted by molar-refractivity contribution is 0.632. The van der Waals surface area contributed by atoms with E-state index in [1.165, 1.54) is 44.2 Å². The Morgan fingerprint density at radius 3 is 1.08 bits per heavy atom. The third kappa shape index (κ3) is 6.59. The van der Waals surface area contributed by atoms with Gasteiger partial charge in [0.1, 0.15) is 11.2 Å². The fourth-order valence-corrected chi connectivity index (χ4v) is 10.5. The van der Waals surface area contributed by atoms with Crippen LogP contribution in [0.4, 0.5) is 34.1 Å². The lowest BCUT2D eigenvalue weighted by atomic mass is 9.84. The average molecular weight is 833 g/mol. The molecule has 2 heterocycles. The summed E-state index contributed by atoms with van der Waals surface area (Å²) in [5.41, 5.74) is 17.7. The van der Waals surface area contributed by atoms with Crippen LogP contribution in [-0.2, 0) is 0 Å². The molecular weight excluding hydrogens is 781 g/mol. The van der Waals surface area contributed by atoms with Crippen LogP contribution >= 0.6 is 0 Å². The van der Waals surface area contributed by atoms with Crippen LogP contribution in [0.25, 0.3) is 65.4 Å². The van der Waals surface area contributed by atoms with Crippen molar-refractivity contribution in [2.24, 2.45) is 0 Å². The Morgan fingerprint density at radius 2 is 0.719 bits per heavy atom. The second-order valence-electron chi connectivity index (χ2n) is 18.5. The average Bonchev–Trinajstić information content (AvgIpc) is 3.82. The van der Waals surface area contributed by atoms with E-state index in [0.29, 0.717) is 0 Å². The van der Waals surface area contributed by atoms with Crippen molar-refractivity contribution in [2.75, 3.05) is 9.80 Å². The number of anilines is 6. The van der Waals surface area contributed by atoms with Gasteiger partial charge in [-0.1, -0.05) is 88.4 Å². The van der Waals surface area contributed by atoms with Gasteiger partial charge < -0.3 is 18.6 Å². The smallest absolute Gasteiger partial charge is 0.178 e. The van der Waals surface area contributed by atoms with Crippen molar-refractivity contribution in [2.45, 2.75) is 67.2 Å². The molecule has 4 heteroatoms. The zero-order chi connectivity index (χ0) is 44.0. The fourth-order valence-electron chi connectivity index (χ4n) is 10.5. The summed E-state index contributed by atoms with van der Waals surface area (Å²) in [4.78, 5) is 4.70. The summed E-state index contributed by atoms with van der Waals surface area (Å²) in [6.45, 7) is 17.9. The van der Waals surface area contributed by atoms with Gasteiger partial charge in [0.05, 0.1) is 0 Å². The van der Waals surface area contributed by atoms with Crippen molar-refractivity contribution >= 4 is 99.5 Å². The van der Waals surface area contributed by atoms with Crippen LogP contribution in [0.1, 0.15) is 72.9 Å². The number of benzene rings is 9. The maximum atomic E-state index is 7.08. The SMILES string of the molecule is Cc1cc(C)cc(N(c2ccccc2)c2ccc3cc4c(cc3c2)oc2c3oc5cc6cc(N(c7ccccc7)c7cc(C)cc(C)c7)ccc6cc5c3c(C(C)C)c(C(C)C)c42)c1. The van der Waals surface area contributed by atoms with Crippen molar-refractivity contribution in [1.82, 2.24) is 0 Å². The molecule has 0 amide bonds. The molecule has 0 bridgehead atoms. The van der Waals surface area contributed by atoms with E-state index in [0.717, 1.165) is 88.8 Å². The van der Waals surface area contributed by atoms with Crippen LogP contribution in [0.3, 0.4) is 0 Å². The molecule has 0 fully saturated rings. The summed E-state index contributed by atoms with van der Waals surface area (Å²) in [5.74, 6) is 0.505. The number of furan rings is 2. The Bertz CT molecular complexity index is 3330. The number of hydrogen-bond acceptors (Lipinski definition) is 4. The van der Waals surface area contributed by atoms with Gasteiger partial charge in [0.25, 0.3) is 0 Å². The predicted molar refractivity (Wildman–Crippen MR) is 273 cm³/mol. The zero-order valence-electron chi connectivity index (χ0n) is 37.9. The van der Waals surface area contributed by atoms with E-state index in [1.54, 1.807) is 0 Å². The van der Waals surface area contributed by atoms with Crippen LogP contribution in [0.2, 0.25) is 0 Å². The molecule has 0 spiro atoms. The standard InChI is InChI=1S/C60H52N2O2/c1-35(2)55-56(36(3)4)58-52-32-42-20-22-48(62(46-17-13-10-14-18-46)50-27-39(7)24-40(8)28-50)30-44(42)34-54(52)64-60(58)59-57(55)51-31-41-19-21-47(29-43(41)33-53(51)63-59)61(45-15-11-9-12-16-45)49-25-37(5)23-38(6)26-49/h9-36H,1-8H3. The van der Waals surface area contributed by atoms with Gasteiger partial charge in [-0.25, -0.2) is 0 Å². The molecule has 2 aromatic heterocycles. The first-order valence-electron chi connectivity index (χ1n) is 22.6. The minimum atomic E-state index is 0.252. The second kappa shape index (κ2) is 15.2. The first-order valence-corrected chi connectivity index (χ1v) is 22.6. The van der Waals surface area contributed by atoms with Crippen molar-refractivity contribution in [3.8, 4) is 0 Å². The van der Waals surface area contributed by atoms with Gasteiger partial charge in [0.2, 0.25) is 0 Å². The van der Waals surface area contributed by atoms with Crippen LogP contribution in [-0.4, -0.2) is 0 Å². The summed E-state index contributed by atoms with van der Waals surface area (Å²) in [7, 11) is 0. The number of rotatable bonds is 8. The summed E-state index contributed by atoms with van der Waals surface area (Å²) in [6, 6.07) is 57.5. The topological polar surface area (TPSA) is 32.8 Å². The molecule has 0 saturated heterocycles. The second-order valence-corrected chi connectivity index (χ2v) is 18.5. The number of hydrogen-bond donors (Lipinski definition) is 0. The van der Waals surface area contributed by atoms with Crippen LogP contribution < -0.4 is 9.80 Å². The van der Waals surface area contributed by atoms with Gasteiger partial charge in [-0.15, -0.1) is 0 Å². The normalized spacial score (nSPS) is 12.0. The van der Waals surface area contributed by atoms with Crippen LogP contribution in [0, 0.1) is 27.7 Å². The number of fused-ring (bicyclic) bond motifs is 9. The Labute approximate surface area is 375 Å². The number of aryl methyl sites for hydroxylation is 4. The highest BCUT2D eigenvalue weighted by Gasteiger charge is 2.28. The fraction of sp³-hybridized carbons (Fsp3) is 0.167. The highest BCUT2D eigenvalue weighted by molar-refractivity contribution is 6.24. The van der Waals surface area contributed by atoms with E-state index < -0.39 is 0 Å². The Hall–Kier alpha value is -7.30. The minimum Gasteiger partial charge on any atom is -0.452 e. The summed E-state index contributed by atoms with van der Waals surface area (Å²) >= 11 is 0. The van der Waals surface area contributed by atoms with Gasteiger partial charge >= 0.3 is 0 Å². The van der Waals surface area contributed by atoms with Crippen LogP contribution in [0.5, 0.6) is 0 Å². The zero-order valence-corrected chi connectivity index (χ0v) is 37.9. The molecule has 0 saturated carbocycles. The molecule has 64 heavy (non-hydrogen) atoms. The third-order valence-electron chi connectivity index (χ3n) is 12.9. The van der Waals surface area contributed by atoms with Crippen LogP contribution in [0.15, 0.2) is 167 Å². The van der Waals surface area contributed by atoms with E-state index in [9.17, 15) is 0 Å². The Balaban J connectivity index is 1.12. The van der Waals surface area contributed by atoms with Gasteiger partial charge in [-0.2, -0.15) is 0 Å². The van der Waals surface area contributed by atoms with E-state index in [1.807, 2.05) is 0 Å². The Morgan fingerprint density at radius 1 is 0.344 bits per heavy atom. The van der Waals surface area contributed by atoms with Crippen molar-refractivity contribution in [3.05, 3.63) is 191 Å². The maximum Gasteiger partial charge on any atom is 0.178 e. The molecule has 0 aliphatic rings. The van der Waals surface area contributed by atoms with Gasteiger partial charge in [-0.05, 0) is 192 Å². The molecule has 0 aliphatic heterocycles. The quantitative estimate of drug-likeness (QED) is 0.153. The van der Waals surface area contributed by atoms with Crippen molar-refractivity contribution in [3.63, 3.8) is 0 Å². The molecule has 4 nitrogen and oxygen atoms in total. The minimum absolute atomic E-state index is 0.252. The molecule has 0 aliphatic carbocycles. The molecule has 0 unspecified atom stereocenters. The predicted octanol–water partition coefficient (Wildman–Crippen LogP) is 18.2. The molecule has 0 atom stereocenters. The van der Waals surface area contributed by atoms with E-state index in [2.05, 4.69) is 223 Å². The highest BCUT2D eigenvalue weighted by Crippen LogP contribution is 2.50. The Kier molecular flexibility index (Phi) is 9.39. The summed E-state index contributed by atoms with van der Waals surface area (Å²) in [5, 5.41) is 9.16. The molecule has 11 aromatic rings. The van der Waals surface area contributed by atoms with Gasteiger partial charge in [0.15, 0.2) is 11.2 Å². The first-order chi connectivity index (χ1) is 31.0. The van der Waals surface area contributed by atoms with Gasteiger partial charge in [-0.3, -0.25) is 0 Å². The van der Waals surface area contributed by atoms with E-state index >= 15 is 0 Å². The summed E-state index contributed by atoms with van der Waals surface area (Å²) < 4.78 is 14.2. The van der Waals surface area contributed by atoms with E-state index in [-0.39, 0.29) is 11.8 Å². The molecular formula is C60H52N2O2. The van der Waals surface area contributed by atoms with Gasteiger partial charge in [0, 0.05) is 55.7 Å². The monoisotopic (exact) mass is 832 g/mol. The molecule has 9 aromatic carbocycles. The molecule has 0 radical (unpaired) electrons. The lowest BCUT2D eigenvalue weighted by Gasteiger charge is -2.26. The lowest BCUT2D eigenvalue weighted by Crippen LogP contribution is -2.10. The number of para-hydroxylation sites is 2. The highest BCUT2D eigenvalue weighted by atomic mass is 16.4. The molecule has 314 valence electrons. The van der Waals surface area contributed by atoms with Crippen molar-refractivity contribution < 1.29 is 8.83 Å². The third-order valence-corrected chi connectivity index (χ3v) is 12.9. The number of nitrogens with zero attached hydrogens (tertiary/aromatic N) is 2. The summed E-state index contributed by atoms with van der Waals surface area (Å²) in [6.07, 6.45) is 0. The largest absolute Gasteiger partial charge is 0.452 e.